The molecule has 150 valence electrons. The van der Waals surface area contributed by atoms with E-state index in [1.54, 1.807) is 24.3 Å². The zero-order valence-corrected chi connectivity index (χ0v) is 17.3. The Morgan fingerprint density at radius 2 is 1.41 bits per heavy atom. The van der Waals surface area contributed by atoms with E-state index in [1.807, 2.05) is 43.3 Å². The van der Waals surface area contributed by atoms with Crippen LogP contribution in [0.25, 0.3) is 0 Å². The molecule has 4 nitrogen and oxygen atoms in total. The number of benzene rings is 3. The molecule has 0 saturated carbocycles. The molecule has 3 aromatic carbocycles. The molecule has 1 atom stereocenters. The van der Waals surface area contributed by atoms with Crippen molar-refractivity contribution < 1.29 is 12.6 Å². The van der Waals surface area contributed by atoms with E-state index in [4.69, 9.17) is 4.18 Å². The summed E-state index contributed by atoms with van der Waals surface area (Å²) < 4.78 is 31.0. The van der Waals surface area contributed by atoms with E-state index in [2.05, 4.69) is 29.2 Å². The fraction of sp³-hybridized carbons (Fsp3) is 0.250. The zero-order valence-electron chi connectivity index (χ0n) is 16.4. The van der Waals surface area contributed by atoms with Crippen LogP contribution in [0.15, 0.2) is 89.8 Å². The van der Waals surface area contributed by atoms with E-state index in [9.17, 15) is 8.42 Å². The monoisotopic (exact) mass is 407 g/mol. The van der Waals surface area contributed by atoms with Gasteiger partial charge in [0.15, 0.2) is 0 Å². The lowest BCUT2D eigenvalue weighted by atomic mass is 9.97. The third-order valence-corrected chi connectivity index (χ3v) is 6.72. The zero-order chi connectivity index (χ0) is 20.3. The van der Waals surface area contributed by atoms with Gasteiger partial charge in [-0.2, -0.15) is 8.42 Å². The predicted octanol–water partition coefficient (Wildman–Crippen LogP) is 4.56. The molecule has 3 aromatic rings. The fourth-order valence-electron chi connectivity index (χ4n) is 3.89. The Morgan fingerprint density at radius 3 is 1.97 bits per heavy atom. The highest BCUT2D eigenvalue weighted by atomic mass is 32.2. The second-order valence-corrected chi connectivity index (χ2v) is 9.07. The third-order valence-electron chi connectivity index (χ3n) is 5.34. The van der Waals surface area contributed by atoms with Crippen LogP contribution in [0, 0.1) is 6.92 Å². The smallest absolute Gasteiger partial charge is 0.290 e. The molecule has 0 radical (unpaired) electrons. The molecule has 0 amide bonds. The van der Waals surface area contributed by atoms with Crippen molar-refractivity contribution in [1.82, 2.24) is 4.90 Å². The summed E-state index contributed by atoms with van der Waals surface area (Å²) in [6.07, 6.45) is 0.331. The van der Waals surface area contributed by atoms with Crippen LogP contribution in [0.1, 0.15) is 29.2 Å². The highest BCUT2D eigenvalue weighted by molar-refractivity contribution is 7.86. The summed E-state index contributed by atoms with van der Waals surface area (Å²) in [5.41, 5.74) is 3.41. The van der Waals surface area contributed by atoms with Gasteiger partial charge < -0.3 is 0 Å². The van der Waals surface area contributed by atoms with Crippen molar-refractivity contribution in [1.29, 1.82) is 0 Å². The second kappa shape index (κ2) is 8.49. The minimum Gasteiger partial charge on any atom is -0.290 e. The Labute approximate surface area is 172 Å². The molecular weight excluding hydrogens is 382 g/mol. The molecule has 1 saturated heterocycles. The van der Waals surface area contributed by atoms with E-state index >= 15 is 0 Å². The predicted molar refractivity (Wildman–Crippen MR) is 114 cm³/mol. The summed E-state index contributed by atoms with van der Waals surface area (Å²) in [5.74, 6) is 0. The SMILES string of the molecule is Cc1ccc(S(=O)(=O)OC2CCN(C(c3ccccc3)c3ccccc3)C2)cc1. The molecular formula is C24H25NO3S. The normalized spacial score (nSPS) is 17.7. The maximum Gasteiger partial charge on any atom is 0.297 e. The van der Waals surface area contributed by atoms with Crippen LogP contribution in [-0.4, -0.2) is 32.5 Å². The summed E-state index contributed by atoms with van der Waals surface area (Å²) in [5, 5.41) is 0. The van der Waals surface area contributed by atoms with Gasteiger partial charge in [-0.05, 0) is 36.6 Å². The number of hydrogen-bond acceptors (Lipinski definition) is 4. The highest BCUT2D eigenvalue weighted by Gasteiger charge is 2.33. The van der Waals surface area contributed by atoms with Crippen molar-refractivity contribution in [3.8, 4) is 0 Å². The average Bonchev–Trinajstić information content (AvgIpc) is 3.17. The molecule has 0 N–H and O–H groups in total. The van der Waals surface area contributed by atoms with Crippen molar-refractivity contribution >= 4 is 10.1 Å². The minimum absolute atomic E-state index is 0.0769. The molecule has 29 heavy (non-hydrogen) atoms. The van der Waals surface area contributed by atoms with Crippen molar-refractivity contribution in [2.45, 2.75) is 30.4 Å². The standard InChI is InChI=1S/C24H25NO3S/c1-19-12-14-23(15-13-19)29(26,27)28-22-16-17-25(18-22)24(20-8-4-2-5-9-20)21-10-6-3-7-11-21/h2-15,22,24H,16-18H2,1H3. The molecule has 0 aliphatic carbocycles. The van der Waals surface area contributed by atoms with E-state index in [0.29, 0.717) is 13.0 Å². The van der Waals surface area contributed by atoms with Gasteiger partial charge in [0, 0.05) is 13.1 Å². The molecule has 0 spiro atoms. The summed E-state index contributed by atoms with van der Waals surface area (Å²) in [4.78, 5) is 2.52. The largest absolute Gasteiger partial charge is 0.297 e. The summed E-state index contributed by atoms with van der Waals surface area (Å²) in [6.45, 7) is 3.28. The molecule has 1 aliphatic rings. The van der Waals surface area contributed by atoms with Crippen molar-refractivity contribution in [3.05, 3.63) is 102 Å². The molecule has 0 bridgehead atoms. The van der Waals surface area contributed by atoms with Crippen LogP contribution < -0.4 is 0 Å². The maximum absolute atomic E-state index is 12.7. The first-order chi connectivity index (χ1) is 14.0. The van der Waals surface area contributed by atoms with E-state index < -0.39 is 10.1 Å². The van der Waals surface area contributed by atoms with Crippen LogP contribution in [0.4, 0.5) is 0 Å². The summed E-state index contributed by atoms with van der Waals surface area (Å²) in [7, 11) is -3.77. The Balaban J connectivity index is 1.53. The lowest BCUT2D eigenvalue weighted by Gasteiger charge is -2.28. The molecule has 1 unspecified atom stereocenters. The molecule has 0 aromatic heterocycles. The number of hydrogen-bond donors (Lipinski definition) is 0. The van der Waals surface area contributed by atoms with Crippen molar-refractivity contribution in [2.24, 2.45) is 0 Å². The Kier molecular flexibility index (Phi) is 5.81. The van der Waals surface area contributed by atoms with Gasteiger partial charge in [-0.3, -0.25) is 9.08 Å². The van der Waals surface area contributed by atoms with Gasteiger partial charge in [0.05, 0.1) is 17.0 Å². The molecule has 1 aliphatic heterocycles. The molecule has 1 fully saturated rings. The van der Waals surface area contributed by atoms with Gasteiger partial charge in [0.1, 0.15) is 0 Å². The third kappa shape index (κ3) is 4.58. The summed E-state index contributed by atoms with van der Waals surface area (Å²) in [6, 6.07) is 27.5. The van der Waals surface area contributed by atoms with Gasteiger partial charge in [-0.1, -0.05) is 78.4 Å². The Bertz CT molecular complexity index is 995. The average molecular weight is 408 g/mol. The molecule has 4 rings (SSSR count). The first-order valence-corrected chi connectivity index (χ1v) is 11.3. The Hall–Kier alpha value is -2.47. The number of nitrogens with zero attached hydrogens (tertiary/aromatic N) is 1. The van der Waals surface area contributed by atoms with Gasteiger partial charge in [0.25, 0.3) is 10.1 Å². The fourth-order valence-corrected chi connectivity index (χ4v) is 4.99. The van der Waals surface area contributed by atoms with Gasteiger partial charge in [-0.25, -0.2) is 0 Å². The second-order valence-electron chi connectivity index (χ2n) is 7.49. The van der Waals surface area contributed by atoms with E-state index in [-0.39, 0.29) is 17.0 Å². The van der Waals surface area contributed by atoms with Crippen molar-refractivity contribution in [2.75, 3.05) is 13.1 Å². The number of aryl methyl sites for hydroxylation is 1. The van der Waals surface area contributed by atoms with Crippen LogP contribution in [-0.2, 0) is 14.3 Å². The van der Waals surface area contributed by atoms with Crippen LogP contribution in [0.5, 0.6) is 0 Å². The number of rotatable bonds is 6. The Morgan fingerprint density at radius 1 is 0.862 bits per heavy atom. The maximum atomic E-state index is 12.7. The first kappa shape index (κ1) is 19.8. The van der Waals surface area contributed by atoms with E-state index in [0.717, 1.165) is 12.1 Å². The van der Waals surface area contributed by atoms with Crippen LogP contribution in [0.2, 0.25) is 0 Å². The quantitative estimate of drug-likeness (QED) is 0.562. The molecule has 1 heterocycles. The van der Waals surface area contributed by atoms with Crippen LogP contribution in [0.3, 0.4) is 0 Å². The first-order valence-electron chi connectivity index (χ1n) is 9.87. The highest BCUT2D eigenvalue weighted by Crippen LogP contribution is 2.33. The van der Waals surface area contributed by atoms with E-state index in [1.165, 1.54) is 11.1 Å². The van der Waals surface area contributed by atoms with Crippen LogP contribution >= 0.6 is 0 Å². The lowest BCUT2D eigenvalue weighted by molar-refractivity contribution is 0.194. The van der Waals surface area contributed by atoms with Gasteiger partial charge >= 0.3 is 0 Å². The number of likely N-dealkylation sites (tertiary alicyclic amines) is 1. The topological polar surface area (TPSA) is 46.6 Å². The minimum atomic E-state index is -3.77. The van der Waals surface area contributed by atoms with Crippen molar-refractivity contribution in [3.63, 3.8) is 0 Å². The lowest BCUT2D eigenvalue weighted by Crippen LogP contribution is -2.29. The molecule has 5 heteroatoms. The van der Waals surface area contributed by atoms with Gasteiger partial charge in [-0.15, -0.1) is 0 Å². The summed E-state index contributed by atoms with van der Waals surface area (Å²) >= 11 is 0. The van der Waals surface area contributed by atoms with Gasteiger partial charge in [0.2, 0.25) is 0 Å².